The molecule has 0 bridgehead atoms. The number of carbonyl (C=O) groups is 1. The van der Waals surface area contributed by atoms with Crippen molar-refractivity contribution in [1.82, 2.24) is 18.8 Å². The smallest absolute Gasteiger partial charge is 0.274 e. The number of nitrogens with zero attached hydrogens (tertiary/aromatic N) is 4. The summed E-state index contributed by atoms with van der Waals surface area (Å²) >= 11 is 0. The van der Waals surface area contributed by atoms with Crippen molar-refractivity contribution in [1.29, 1.82) is 0 Å². The number of hydrogen-bond acceptors (Lipinski definition) is 5. The van der Waals surface area contributed by atoms with E-state index in [1.54, 1.807) is 4.90 Å². The van der Waals surface area contributed by atoms with E-state index >= 15 is 0 Å². The summed E-state index contributed by atoms with van der Waals surface area (Å²) < 4.78 is 48.4. The molecule has 1 aromatic heterocycles. The zero-order valence-corrected chi connectivity index (χ0v) is 18.7. The van der Waals surface area contributed by atoms with Gasteiger partial charge in [0, 0.05) is 31.7 Å². The van der Waals surface area contributed by atoms with E-state index in [1.165, 1.54) is 16.4 Å². The maximum atomic E-state index is 13.4. The Hall–Kier alpha value is -3.08. The van der Waals surface area contributed by atoms with E-state index in [4.69, 9.17) is 9.72 Å². The standard InChI is InChI=1S/C23H23FN4O4S/c24-18-6-8-19(9-7-18)33(30,31)27-10-11-28-20(16-27)21(23(29)26-12-14-32-15-13-26)25-22(28)17-4-2-1-3-5-17/h1-9H,10-16H2. The van der Waals surface area contributed by atoms with E-state index in [0.717, 1.165) is 17.7 Å². The number of amides is 1. The van der Waals surface area contributed by atoms with E-state index in [1.807, 2.05) is 34.9 Å². The van der Waals surface area contributed by atoms with Crippen LogP contribution in [0.2, 0.25) is 0 Å². The monoisotopic (exact) mass is 470 g/mol. The van der Waals surface area contributed by atoms with Crippen LogP contribution in [0.15, 0.2) is 59.5 Å². The van der Waals surface area contributed by atoms with Crippen LogP contribution in [0.4, 0.5) is 4.39 Å². The average Bonchev–Trinajstić information content (AvgIpc) is 3.24. The number of fused-ring (bicyclic) bond motifs is 1. The number of hydrogen-bond donors (Lipinski definition) is 0. The van der Waals surface area contributed by atoms with Crippen molar-refractivity contribution in [2.45, 2.75) is 18.0 Å². The molecule has 1 saturated heterocycles. The lowest BCUT2D eigenvalue weighted by atomic mass is 10.2. The molecule has 0 atom stereocenters. The zero-order chi connectivity index (χ0) is 23.0. The summed E-state index contributed by atoms with van der Waals surface area (Å²) in [7, 11) is -3.86. The number of imidazole rings is 1. The van der Waals surface area contributed by atoms with Crippen LogP contribution >= 0.6 is 0 Å². The second-order valence-corrected chi connectivity index (χ2v) is 9.88. The fourth-order valence-corrected chi connectivity index (χ4v) is 5.59. The fourth-order valence-electron chi connectivity index (χ4n) is 4.20. The quantitative estimate of drug-likeness (QED) is 0.585. The van der Waals surface area contributed by atoms with Gasteiger partial charge in [-0.3, -0.25) is 4.79 Å². The first-order valence-corrected chi connectivity index (χ1v) is 12.2. The predicted octanol–water partition coefficient (Wildman–Crippen LogP) is 2.37. The molecule has 0 aliphatic carbocycles. The highest BCUT2D eigenvalue weighted by Crippen LogP contribution is 2.30. The van der Waals surface area contributed by atoms with E-state index < -0.39 is 15.8 Å². The largest absolute Gasteiger partial charge is 0.378 e. The molecule has 1 amide bonds. The van der Waals surface area contributed by atoms with Crippen LogP contribution in [0.5, 0.6) is 0 Å². The van der Waals surface area contributed by atoms with Crippen LogP contribution in [-0.2, 0) is 27.8 Å². The zero-order valence-electron chi connectivity index (χ0n) is 17.9. The van der Waals surface area contributed by atoms with Crippen LogP contribution in [0.25, 0.3) is 11.4 Å². The van der Waals surface area contributed by atoms with Crippen LogP contribution in [0.1, 0.15) is 16.2 Å². The molecule has 172 valence electrons. The highest BCUT2D eigenvalue weighted by atomic mass is 32.2. The molecule has 33 heavy (non-hydrogen) atoms. The van der Waals surface area contributed by atoms with Crippen molar-refractivity contribution in [3.63, 3.8) is 0 Å². The summed E-state index contributed by atoms with van der Waals surface area (Å²) in [6.45, 7) is 2.41. The molecule has 0 N–H and O–H groups in total. The predicted molar refractivity (Wildman–Crippen MR) is 118 cm³/mol. The third-order valence-electron chi connectivity index (χ3n) is 5.96. The minimum atomic E-state index is -3.86. The van der Waals surface area contributed by atoms with Gasteiger partial charge in [0.15, 0.2) is 5.69 Å². The molecule has 2 aliphatic heterocycles. The number of carbonyl (C=O) groups excluding carboxylic acids is 1. The Kier molecular flexibility index (Phi) is 5.73. The van der Waals surface area contributed by atoms with Crippen LogP contribution < -0.4 is 0 Å². The second-order valence-electron chi connectivity index (χ2n) is 7.95. The van der Waals surface area contributed by atoms with Gasteiger partial charge < -0.3 is 14.2 Å². The molecule has 0 saturated carbocycles. The van der Waals surface area contributed by atoms with Crippen LogP contribution in [-0.4, -0.2) is 65.9 Å². The molecule has 1 fully saturated rings. The Morgan fingerprint density at radius 1 is 0.939 bits per heavy atom. The maximum Gasteiger partial charge on any atom is 0.274 e. The molecule has 0 unspecified atom stereocenters. The Morgan fingerprint density at radius 3 is 2.33 bits per heavy atom. The van der Waals surface area contributed by atoms with Gasteiger partial charge in [-0.2, -0.15) is 4.31 Å². The fraction of sp³-hybridized carbons (Fsp3) is 0.304. The maximum absolute atomic E-state index is 13.4. The third-order valence-corrected chi connectivity index (χ3v) is 7.82. The molecular weight excluding hydrogens is 447 g/mol. The molecule has 2 aliphatic rings. The van der Waals surface area contributed by atoms with Crippen LogP contribution in [0, 0.1) is 5.82 Å². The summed E-state index contributed by atoms with van der Waals surface area (Å²) in [6, 6.07) is 14.3. The van der Waals surface area contributed by atoms with Crippen molar-refractivity contribution < 1.29 is 22.3 Å². The summed E-state index contributed by atoms with van der Waals surface area (Å²) in [5, 5.41) is 0. The number of halogens is 1. The number of aromatic nitrogens is 2. The van der Waals surface area contributed by atoms with E-state index in [9.17, 15) is 17.6 Å². The molecule has 5 rings (SSSR count). The van der Waals surface area contributed by atoms with Crippen molar-refractivity contribution in [2.24, 2.45) is 0 Å². The van der Waals surface area contributed by atoms with E-state index in [0.29, 0.717) is 44.4 Å². The van der Waals surface area contributed by atoms with Gasteiger partial charge in [-0.15, -0.1) is 0 Å². The lowest BCUT2D eigenvalue weighted by Gasteiger charge is -2.30. The van der Waals surface area contributed by atoms with Crippen molar-refractivity contribution in [2.75, 3.05) is 32.8 Å². The average molecular weight is 471 g/mol. The van der Waals surface area contributed by atoms with Gasteiger partial charge in [0.25, 0.3) is 5.91 Å². The first-order valence-electron chi connectivity index (χ1n) is 10.7. The SMILES string of the molecule is O=C(c1nc(-c2ccccc2)n2c1CN(S(=O)(=O)c1ccc(F)cc1)CC2)N1CCOCC1. The Bertz CT molecular complexity index is 1270. The second kappa shape index (κ2) is 8.69. The van der Waals surface area contributed by atoms with Gasteiger partial charge in [0.05, 0.1) is 30.3 Å². The number of morpholine rings is 1. The van der Waals surface area contributed by atoms with Gasteiger partial charge >= 0.3 is 0 Å². The summed E-state index contributed by atoms with van der Waals surface area (Å²) in [5.74, 6) is -0.0946. The molecule has 2 aromatic carbocycles. The third kappa shape index (κ3) is 4.05. The molecule has 10 heteroatoms. The number of sulfonamides is 1. The van der Waals surface area contributed by atoms with Gasteiger partial charge in [0.1, 0.15) is 11.6 Å². The van der Waals surface area contributed by atoms with Crippen LogP contribution in [0.3, 0.4) is 0 Å². The summed E-state index contributed by atoms with van der Waals surface area (Å²) in [4.78, 5) is 19.8. The number of rotatable bonds is 4. The van der Waals surface area contributed by atoms with Gasteiger partial charge in [-0.05, 0) is 24.3 Å². The molecule has 8 nitrogen and oxygen atoms in total. The van der Waals surface area contributed by atoms with Crippen molar-refractivity contribution >= 4 is 15.9 Å². The normalized spacial score (nSPS) is 17.1. The lowest BCUT2D eigenvalue weighted by molar-refractivity contribution is 0.0298. The lowest BCUT2D eigenvalue weighted by Crippen LogP contribution is -2.42. The highest BCUT2D eigenvalue weighted by Gasteiger charge is 2.35. The van der Waals surface area contributed by atoms with Gasteiger partial charge in [-0.1, -0.05) is 30.3 Å². The minimum Gasteiger partial charge on any atom is -0.378 e. The highest BCUT2D eigenvalue weighted by molar-refractivity contribution is 7.89. The van der Waals surface area contributed by atoms with Crippen molar-refractivity contribution in [3.05, 3.63) is 71.8 Å². The van der Waals surface area contributed by atoms with Crippen molar-refractivity contribution in [3.8, 4) is 11.4 Å². The Morgan fingerprint density at radius 2 is 1.64 bits per heavy atom. The summed E-state index contributed by atoms with van der Waals surface area (Å²) in [6.07, 6.45) is 0. The van der Waals surface area contributed by atoms with E-state index in [-0.39, 0.29) is 29.6 Å². The first kappa shape index (κ1) is 21.7. The number of ether oxygens (including phenoxy) is 1. The van der Waals surface area contributed by atoms with Gasteiger partial charge in [-0.25, -0.2) is 17.8 Å². The molecule has 3 aromatic rings. The minimum absolute atomic E-state index is 0.00492. The first-order chi connectivity index (χ1) is 15.9. The molecule has 3 heterocycles. The molecule has 0 spiro atoms. The van der Waals surface area contributed by atoms with E-state index in [2.05, 4.69) is 0 Å². The Labute approximate surface area is 191 Å². The summed E-state index contributed by atoms with van der Waals surface area (Å²) in [5.41, 5.74) is 1.67. The number of benzene rings is 2. The topological polar surface area (TPSA) is 84.7 Å². The molecular formula is C23H23FN4O4S. The molecule has 0 radical (unpaired) electrons. The Balaban J connectivity index is 1.55. The van der Waals surface area contributed by atoms with Gasteiger partial charge in [0.2, 0.25) is 10.0 Å².